The number of benzene rings is 2. The van der Waals surface area contributed by atoms with Crippen LogP contribution < -0.4 is 25.1 Å². The minimum Gasteiger partial charge on any atom is -0.496 e. The molecule has 1 aromatic heterocycles. The molecule has 172 valence electrons. The van der Waals surface area contributed by atoms with Gasteiger partial charge in [0.05, 0.1) is 26.9 Å². The van der Waals surface area contributed by atoms with Gasteiger partial charge in [-0.2, -0.15) is 0 Å². The lowest BCUT2D eigenvalue weighted by molar-refractivity contribution is -0.116. The third-order valence-corrected chi connectivity index (χ3v) is 6.44. The van der Waals surface area contributed by atoms with Gasteiger partial charge in [-0.1, -0.05) is 41.6 Å². The Hall–Kier alpha value is -3.46. The molecule has 0 unspecified atom stereocenters. The SMILES string of the molecule is COc1cc(OC)c([C@H]2CC(=O)Nc3nc(SCc4cccc(C)c4)[nH]c(=O)c32)cc1OC. The highest BCUT2D eigenvalue weighted by molar-refractivity contribution is 7.98. The van der Waals surface area contributed by atoms with E-state index in [0.717, 1.165) is 5.56 Å². The van der Waals surface area contributed by atoms with Crippen LogP contribution in [0.2, 0.25) is 0 Å². The summed E-state index contributed by atoms with van der Waals surface area (Å²) in [4.78, 5) is 33.1. The molecule has 2 aromatic carbocycles. The van der Waals surface area contributed by atoms with Crippen LogP contribution in [0, 0.1) is 6.92 Å². The molecular formula is C24H25N3O5S. The Labute approximate surface area is 195 Å². The van der Waals surface area contributed by atoms with Crippen LogP contribution in [0.15, 0.2) is 46.3 Å². The van der Waals surface area contributed by atoms with Gasteiger partial charge in [-0.05, 0) is 18.6 Å². The zero-order valence-corrected chi connectivity index (χ0v) is 19.7. The molecule has 0 bridgehead atoms. The van der Waals surface area contributed by atoms with Crippen LogP contribution in [0.5, 0.6) is 17.2 Å². The zero-order valence-electron chi connectivity index (χ0n) is 18.9. The number of hydrogen-bond acceptors (Lipinski definition) is 7. The van der Waals surface area contributed by atoms with Crippen LogP contribution in [-0.4, -0.2) is 37.2 Å². The molecule has 0 radical (unpaired) electrons. The number of fused-ring (bicyclic) bond motifs is 1. The summed E-state index contributed by atoms with van der Waals surface area (Å²) >= 11 is 1.41. The highest BCUT2D eigenvalue weighted by Gasteiger charge is 2.33. The number of aromatic amines is 1. The number of carbonyl (C=O) groups excluding carboxylic acids is 1. The number of thioether (sulfide) groups is 1. The van der Waals surface area contributed by atoms with Crippen molar-refractivity contribution >= 4 is 23.5 Å². The molecular weight excluding hydrogens is 442 g/mol. The van der Waals surface area contributed by atoms with Gasteiger partial charge in [0.1, 0.15) is 11.6 Å². The molecule has 1 aliphatic rings. The van der Waals surface area contributed by atoms with Crippen molar-refractivity contribution < 1.29 is 19.0 Å². The fourth-order valence-corrected chi connectivity index (χ4v) is 4.77. The third kappa shape index (κ3) is 4.68. The maximum Gasteiger partial charge on any atom is 0.257 e. The zero-order chi connectivity index (χ0) is 23.5. The molecule has 8 nitrogen and oxygen atoms in total. The number of ether oxygens (including phenoxy) is 3. The summed E-state index contributed by atoms with van der Waals surface area (Å²) in [5.74, 6) is 1.61. The first-order valence-electron chi connectivity index (χ1n) is 10.4. The Bertz CT molecular complexity index is 1260. The van der Waals surface area contributed by atoms with E-state index in [0.29, 0.717) is 39.3 Å². The van der Waals surface area contributed by atoms with E-state index in [2.05, 4.69) is 21.4 Å². The number of nitrogens with zero attached hydrogens (tertiary/aromatic N) is 1. The molecule has 2 heterocycles. The van der Waals surface area contributed by atoms with Crippen molar-refractivity contribution in [2.75, 3.05) is 26.6 Å². The quantitative estimate of drug-likeness (QED) is 0.402. The summed E-state index contributed by atoms with van der Waals surface area (Å²) in [6.45, 7) is 2.03. The molecule has 0 fully saturated rings. The number of H-pyrrole nitrogens is 1. The van der Waals surface area contributed by atoms with Crippen molar-refractivity contribution in [3.05, 3.63) is 69.0 Å². The molecule has 4 rings (SSSR count). The van der Waals surface area contributed by atoms with E-state index < -0.39 is 5.92 Å². The summed E-state index contributed by atoms with van der Waals surface area (Å²) in [7, 11) is 4.59. The molecule has 1 amide bonds. The molecule has 2 N–H and O–H groups in total. The van der Waals surface area contributed by atoms with Gasteiger partial charge in [0, 0.05) is 29.7 Å². The number of amides is 1. The molecule has 0 saturated carbocycles. The number of rotatable bonds is 7. The summed E-state index contributed by atoms with van der Waals surface area (Å²) in [5.41, 5.74) is 3.03. The maximum atomic E-state index is 13.2. The maximum absolute atomic E-state index is 13.2. The van der Waals surface area contributed by atoms with E-state index in [1.165, 1.54) is 38.7 Å². The number of aryl methyl sites for hydroxylation is 1. The minimum atomic E-state index is -0.546. The van der Waals surface area contributed by atoms with Crippen molar-refractivity contribution in [2.45, 2.75) is 30.2 Å². The largest absolute Gasteiger partial charge is 0.496 e. The Balaban J connectivity index is 1.72. The fraction of sp³-hybridized carbons (Fsp3) is 0.292. The lowest BCUT2D eigenvalue weighted by Gasteiger charge is -2.26. The molecule has 0 saturated heterocycles. The average molecular weight is 468 g/mol. The molecule has 1 atom stereocenters. The van der Waals surface area contributed by atoms with Crippen LogP contribution >= 0.6 is 11.8 Å². The van der Waals surface area contributed by atoms with Crippen LogP contribution in [-0.2, 0) is 10.5 Å². The van der Waals surface area contributed by atoms with Gasteiger partial charge in [-0.3, -0.25) is 9.59 Å². The third-order valence-electron chi connectivity index (χ3n) is 5.50. The van der Waals surface area contributed by atoms with E-state index in [-0.39, 0.29) is 23.7 Å². The Morgan fingerprint density at radius 3 is 2.45 bits per heavy atom. The highest BCUT2D eigenvalue weighted by atomic mass is 32.2. The monoisotopic (exact) mass is 467 g/mol. The van der Waals surface area contributed by atoms with Crippen LogP contribution in [0.4, 0.5) is 5.82 Å². The van der Waals surface area contributed by atoms with Crippen molar-refractivity contribution in [1.29, 1.82) is 0 Å². The lowest BCUT2D eigenvalue weighted by Crippen LogP contribution is -2.31. The second kappa shape index (κ2) is 9.58. The molecule has 9 heteroatoms. The lowest BCUT2D eigenvalue weighted by atomic mass is 9.86. The first-order chi connectivity index (χ1) is 15.9. The van der Waals surface area contributed by atoms with Gasteiger partial charge < -0.3 is 24.5 Å². The molecule has 0 aliphatic carbocycles. The molecule has 33 heavy (non-hydrogen) atoms. The van der Waals surface area contributed by atoms with Gasteiger partial charge in [0.15, 0.2) is 16.7 Å². The van der Waals surface area contributed by atoms with Crippen LogP contribution in [0.1, 0.15) is 34.6 Å². The standard InChI is InChI=1S/C24H25N3O5S/c1-13-6-5-7-14(8-13)12-33-24-26-22-21(23(29)27-24)16(10-20(28)25-22)15-9-18(31-3)19(32-4)11-17(15)30-2/h5-9,11,16H,10,12H2,1-4H3,(H2,25,26,27,28,29)/t16-/m1/s1. The minimum absolute atomic E-state index is 0.0827. The number of hydrogen-bond donors (Lipinski definition) is 2. The van der Waals surface area contributed by atoms with Gasteiger partial charge in [0.2, 0.25) is 5.91 Å². The number of methoxy groups -OCH3 is 3. The Morgan fingerprint density at radius 1 is 1.03 bits per heavy atom. The van der Waals surface area contributed by atoms with Gasteiger partial charge >= 0.3 is 0 Å². The van der Waals surface area contributed by atoms with E-state index in [4.69, 9.17) is 14.2 Å². The van der Waals surface area contributed by atoms with Gasteiger partial charge in [-0.25, -0.2) is 4.98 Å². The fourth-order valence-electron chi connectivity index (χ4n) is 3.96. The van der Waals surface area contributed by atoms with Crippen molar-refractivity contribution in [2.24, 2.45) is 0 Å². The molecule has 1 aliphatic heterocycles. The van der Waals surface area contributed by atoms with Gasteiger partial charge in [0.25, 0.3) is 5.56 Å². The predicted molar refractivity (Wildman–Crippen MR) is 127 cm³/mol. The number of anilines is 1. The Morgan fingerprint density at radius 2 is 1.76 bits per heavy atom. The summed E-state index contributed by atoms with van der Waals surface area (Å²) in [6, 6.07) is 11.6. The van der Waals surface area contributed by atoms with Gasteiger partial charge in [-0.15, -0.1) is 0 Å². The number of aromatic nitrogens is 2. The van der Waals surface area contributed by atoms with E-state index in [9.17, 15) is 9.59 Å². The van der Waals surface area contributed by atoms with Crippen molar-refractivity contribution in [1.82, 2.24) is 9.97 Å². The Kier molecular flexibility index (Phi) is 6.60. The summed E-state index contributed by atoms with van der Waals surface area (Å²) in [6.07, 6.45) is 0.0827. The van der Waals surface area contributed by atoms with E-state index in [1.54, 1.807) is 12.1 Å². The molecule has 3 aromatic rings. The van der Waals surface area contributed by atoms with E-state index >= 15 is 0 Å². The van der Waals surface area contributed by atoms with Crippen LogP contribution in [0.25, 0.3) is 0 Å². The first kappa shape index (κ1) is 22.7. The predicted octanol–water partition coefficient (Wildman–Crippen LogP) is 3.87. The summed E-state index contributed by atoms with van der Waals surface area (Å²) < 4.78 is 16.3. The van der Waals surface area contributed by atoms with Crippen molar-refractivity contribution in [3.63, 3.8) is 0 Å². The summed E-state index contributed by atoms with van der Waals surface area (Å²) in [5, 5.41) is 3.20. The van der Waals surface area contributed by atoms with Crippen molar-refractivity contribution in [3.8, 4) is 17.2 Å². The first-order valence-corrected chi connectivity index (χ1v) is 11.3. The van der Waals surface area contributed by atoms with Crippen LogP contribution in [0.3, 0.4) is 0 Å². The molecule has 0 spiro atoms. The smallest absolute Gasteiger partial charge is 0.257 e. The highest BCUT2D eigenvalue weighted by Crippen LogP contribution is 2.43. The average Bonchev–Trinajstić information content (AvgIpc) is 2.81. The number of nitrogens with one attached hydrogen (secondary N) is 2. The number of carbonyl (C=O) groups is 1. The second-order valence-electron chi connectivity index (χ2n) is 7.67. The topological polar surface area (TPSA) is 103 Å². The van der Waals surface area contributed by atoms with E-state index in [1.807, 2.05) is 25.1 Å². The second-order valence-corrected chi connectivity index (χ2v) is 8.63. The normalized spacial score (nSPS) is 14.9.